The van der Waals surface area contributed by atoms with E-state index in [4.69, 9.17) is 9.88 Å². The minimum atomic E-state index is -3.79. The van der Waals surface area contributed by atoms with Crippen LogP contribution in [0.1, 0.15) is 53.5 Å². The van der Waals surface area contributed by atoms with Gasteiger partial charge in [0, 0.05) is 22.6 Å². The van der Waals surface area contributed by atoms with Gasteiger partial charge in [-0.2, -0.15) is 0 Å². The lowest BCUT2D eigenvalue weighted by Crippen LogP contribution is -2.24. The fourth-order valence-electron chi connectivity index (χ4n) is 4.12. The van der Waals surface area contributed by atoms with Gasteiger partial charge in [0.05, 0.1) is 10.8 Å². The van der Waals surface area contributed by atoms with Crippen molar-refractivity contribution in [3.63, 3.8) is 0 Å². The lowest BCUT2D eigenvalue weighted by molar-refractivity contribution is -0.145. The number of primary sulfonamides is 1. The van der Waals surface area contributed by atoms with Gasteiger partial charge in [-0.05, 0) is 55.7 Å². The maximum absolute atomic E-state index is 13.0. The van der Waals surface area contributed by atoms with Gasteiger partial charge in [-0.15, -0.1) is 0 Å². The molecule has 0 bridgehead atoms. The standard InChI is InChI=1S/C26H30N2O5S/c1-5-17(2)25(20-9-7-6-8-10-20)26(30)33-16-24(29)23-15-18(3)28(19(23)4)21-11-13-22(14-12-21)34(27,31)32/h6-15,17,25H,5,16H2,1-4H3,(H2,27,31,32)/t17-,25-/m0/s1. The fraction of sp³-hybridized carbons (Fsp3) is 0.308. The molecule has 1 aromatic heterocycles. The number of sulfonamides is 1. The van der Waals surface area contributed by atoms with E-state index in [-0.39, 0.29) is 23.2 Å². The normalized spacial score (nSPS) is 13.3. The number of benzene rings is 2. The third kappa shape index (κ3) is 5.46. The number of hydrogen-bond acceptors (Lipinski definition) is 5. The smallest absolute Gasteiger partial charge is 0.314 e. The number of aryl methyl sites for hydroxylation is 1. The van der Waals surface area contributed by atoms with Gasteiger partial charge in [0.25, 0.3) is 0 Å². The van der Waals surface area contributed by atoms with E-state index in [0.29, 0.717) is 16.9 Å². The molecular weight excluding hydrogens is 452 g/mol. The molecule has 0 radical (unpaired) electrons. The first-order valence-electron chi connectivity index (χ1n) is 11.1. The van der Waals surface area contributed by atoms with Crippen molar-refractivity contribution in [2.45, 2.75) is 44.9 Å². The Morgan fingerprint density at radius 3 is 2.21 bits per heavy atom. The highest BCUT2D eigenvalue weighted by atomic mass is 32.2. The summed E-state index contributed by atoms with van der Waals surface area (Å²) >= 11 is 0. The molecule has 0 aliphatic heterocycles. The molecule has 2 aromatic carbocycles. The first-order valence-corrected chi connectivity index (χ1v) is 12.7. The molecule has 3 rings (SSSR count). The van der Waals surface area contributed by atoms with Crippen LogP contribution in [0, 0.1) is 19.8 Å². The van der Waals surface area contributed by atoms with Gasteiger partial charge in [0.2, 0.25) is 15.8 Å². The maximum Gasteiger partial charge on any atom is 0.314 e. The molecule has 0 saturated carbocycles. The molecule has 0 saturated heterocycles. The van der Waals surface area contributed by atoms with Crippen molar-refractivity contribution in [1.82, 2.24) is 4.57 Å². The van der Waals surface area contributed by atoms with Crippen molar-refractivity contribution in [3.8, 4) is 5.69 Å². The van der Waals surface area contributed by atoms with E-state index in [9.17, 15) is 18.0 Å². The Morgan fingerprint density at radius 1 is 1.03 bits per heavy atom. The molecule has 7 nitrogen and oxygen atoms in total. The van der Waals surface area contributed by atoms with E-state index < -0.39 is 21.9 Å². The molecule has 2 atom stereocenters. The molecule has 0 aliphatic rings. The zero-order valence-corrected chi connectivity index (χ0v) is 20.6. The van der Waals surface area contributed by atoms with E-state index in [0.717, 1.165) is 17.7 Å². The van der Waals surface area contributed by atoms with Gasteiger partial charge in [0.15, 0.2) is 6.61 Å². The SMILES string of the molecule is CC[C@H](C)[C@H](C(=O)OCC(=O)c1cc(C)n(-c2ccc(S(N)(=O)=O)cc2)c1C)c1ccccc1. The van der Waals surface area contributed by atoms with Crippen LogP contribution in [0.25, 0.3) is 5.69 Å². The molecule has 8 heteroatoms. The summed E-state index contributed by atoms with van der Waals surface area (Å²) in [6.45, 7) is 7.30. The summed E-state index contributed by atoms with van der Waals surface area (Å²) in [4.78, 5) is 25.9. The third-order valence-electron chi connectivity index (χ3n) is 6.13. The number of ether oxygens (including phenoxy) is 1. The number of carbonyl (C=O) groups is 2. The summed E-state index contributed by atoms with van der Waals surface area (Å²) in [5.41, 5.74) is 3.47. The number of hydrogen-bond donors (Lipinski definition) is 1. The van der Waals surface area contributed by atoms with E-state index >= 15 is 0 Å². The van der Waals surface area contributed by atoms with Crippen LogP contribution in [-0.4, -0.2) is 31.3 Å². The molecule has 0 spiro atoms. The molecule has 2 N–H and O–H groups in total. The molecule has 0 unspecified atom stereocenters. The van der Waals surface area contributed by atoms with Crippen LogP contribution < -0.4 is 5.14 Å². The Kier molecular flexibility index (Phi) is 7.74. The van der Waals surface area contributed by atoms with E-state index in [1.807, 2.05) is 55.7 Å². The number of nitrogens with zero attached hydrogens (tertiary/aromatic N) is 1. The predicted octanol–water partition coefficient (Wildman–Crippen LogP) is 4.30. The Bertz CT molecular complexity index is 1280. The van der Waals surface area contributed by atoms with Gasteiger partial charge in [-0.3, -0.25) is 9.59 Å². The first kappa shape index (κ1) is 25.4. The minimum Gasteiger partial charge on any atom is -0.457 e. The number of ketones is 1. The van der Waals surface area contributed by atoms with E-state index in [1.165, 1.54) is 12.1 Å². The summed E-state index contributed by atoms with van der Waals surface area (Å²) in [5.74, 6) is -1.09. The summed E-state index contributed by atoms with van der Waals surface area (Å²) in [6.07, 6.45) is 0.800. The van der Waals surface area contributed by atoms with Crippen molar-refractivity contribution in [1.29, 1.82) is 0 Å². The number of nitrogens with two attached hydrogens (primary N) is 1. The predicted molar refractivity (Wildman–Crippen MR) is 131 cm³/mol. The summed E-state index contributed by atoms with van der Waals surface area (Å²) in [5, 5.41) is 5.17. The third-order valence-corrected chi connectivity index (χ3v) is 7.06. The lowest BCUT2D eigenvalue weighted by Gasteiger charge is -2.21. The molecule has 3 aromatic rings. The average molecular weight is 483 g/mol. The van der Waals surface area contributed by atoms with Gasteiger partial charge < -0.3 is 9.30 Å². The second-order valence-corrected chi connectivity index (χ2v) is 10.0. The number of Topliss-reactive ketones (excluding diaryl/α,β-unsaturated/α-hetero) is 1. The lowest BCUT2D eigenvalue weighted by atomic mass is 9.85. The van der Waals surface area contributed by atoms with Crippen molar-refractivity contribution in [3.05, 3.63) is 83.2 Å². The van der Waals surface area contributed by atoms with Crippen molar-refractivity contribution >= 4 is 21.8 Å². The second kappa shape index (κ2) is 10.4. The Hall–Kier alpha value is -3.23. The minimum absolute atomic E-state index is 0.0104. The number of carbonyl (C=O) groups excluding carboxylic acids is 2. The average Bonchev–Trinajstić information content (AvgIpc) is 3.11. The van der Waals surface area contributed by atoms with E-state index in [2.05, 4.69) is 0 Å². The van der Waals surface area contributed by atoms with Crippen molar-refractivity contribution < 1.29 is 22.7 Å². The molecule has 34 heavy (non-hydrogen) atoms. The Balaban J connectivity index is 1.79. The fourth-order valence-corrected chi connectivity index (χ4v) is 4.64. The molecule has 0 fully saturated rings. The van der Waals surface area contributed by atoms with Crippen LogP contribution >= 0.6 is 0 Å². The van der Waals surface area contributed by atoms with Crippen LogP contribution in [0.3, 0.4) is 0 Å². The van der Waals surface area contributed by atoms with Crippen molar-refractivity contribution in [2.24, 2.45) is 11.1 Å². The van der Waals surface area contributed by atoms with Crippen LogP contribution in [0.15, 0.2) is 65.6 Å². The van der Waals surface area contributed by atoms with Crippen LogP contribution in [0.2, 0.25) is 0 Å². The van der Waals surface area contributed by atoms with Crippen molar-refractivity contribution in [2.75, 3.05) is 6.61 Å². The summed E-state index contributed by atoms with van der Waals surface area (Å²) < 4.78 is 30.4. The molecule has 180 valence electrons. The zero-order valence-electron chi connectivity index (χ0n) is 19.8. The first-order chi connectivity index (χ1) is 16.0. The number of aromatic nitrogens is 1. The second-order valence-electron chi connectivity index (χ2n) is 8.46. The van der Waals surface area contributed by atoms with Gasteiger partial charge in [-0.1, -0.05) is 50.6 Å². The molecule has 1 heterocycles. The van der Waals surface area contributed by atoms with Crippen LogP contribution in [0.5, 0.6) is 0 Å². The maximum atomic E-state index is 13.0. The zero-order chi connectivity index (χ0) is 25.0. The highest BCUT2D eigenvalue weighted by Gasteiger charge is 2.28. The summed E-state index contributed by atoms with van der Waals surface area (Å²) in [6, 6.07) is 17.3. The number of esters is 1. The molecule has 0 amide bonds. The van der Waals surface area contributed by atoms with Gasteiger partial charge in [-0.25, -0.2) is 13.6 Å². The Labute approximate surface area is 200 Å². The van der Waals surface area contributed by atoms with E-state index in [1.54, 1.807) is 25.1 Å². The highest BCUT2D eigenvalue weighted by molar-refractivity contribution is 7.89. The topological polar surface area (TPSA) is 108 Å². The molecule has 0 aliphatic carbocycles. The largest absolute Gasteiger partial charge is 0.457 e. The Morgan fingerprint density at radius 2 is 1.65 bits per heavy atom. The number of rotatable bonds is 9. The quantitative estimate of drug-likeness (QED) is 0.361. The highest BCUT2D eigenvalue weighted by Crippen LogP contribution is 2.29. The monoisotopic (exact) mass is 482 g/mol. The summed E-state index contributed by atoms with van der Waals surface area (Å²) in [7, 11) is -3.79. The van der Waals surface area contributed by atoms with Crippen LogP contribution in [-0.2, 0) is 19.6 Å². The van der Waals surface area contributed by atoms with Crippen LogP contribution in [0.4, 0.5) is 0 Å². The van der Waals surface area contributed by atoms with Gasteiger partial charge >= 0.3 is 5.97 Å². The molecular formula is C26H30N2O5S. The van der Waals surface area contributed by atoms with Gasteiger partial charge in [0.1, 0.15) is 0 Å².